The molecule has 1 radical (unpaired) electrons. The fraction of sp³-hybridized carbons (Fsp3) is 0.484. The highest BCUT2D eigenvalue weighted by Crippen LogP contribution is 2.38. The Morgan fingerprint density at radius 1 is 1.05 bits per heavy atom. The maximum atomic E-state index is 13.3. The van der Waals surface area contributed by atoms with E-state index < -0.39 is 20.3 Å². The minimum Gasteiger partial charge on any atom is -0.444 e. The highest BCUT2D eigenvalue weighted by Gasteiger charge is 2.43. The standard InChI is InChI=1S/C31H39ClN3O5SSi/c32-26-13-7-12-25(18-26)21-40-30(39)34-41-27(19-23-8-3-1-4-9-23)29(38)35-42(22-36)17-14-28(37)33-31(15-16-31)20-24-10-5-2-6-11-24/h2,5-7,10-13,18,22-23,27H,1,3-4,8-9,14-17,19-21H2,(H,33,37)(H,34,39)(H,35,38)/t27-/m0/s1. The van der Waals surface area contributed by atoms with E-state index in [4.69, 9.17) is 16.3 Å². The van der Waals surface area contributed by atoms with Crippen LogP contribution in [0.2, 0.25) is 11.1 Å². The molecule has 3 amide bonds. The largest absolute Gasteiger partial charge is 0.444 e. The zero-order valence-electron chi connectivity index (χ0n) is 23.7. The molecule has 225 valence electrons. The van der Waals surface area contributed by atoms with Crippen molar-refractivity contribution < 1.29 is 23.9 Å². The third-order valence-electron chi connectivity index (χ3n) is 7.80. The van der Waals surface area contributed by atoms with Crippen LogP contribution >= 0.6 is 23.5 Å². The Hall–Kier alpha value is -2.82. The summed E-state index contributed by atoms with van der Waals surface area (Å²) in [7, 11) is -1.95. The molecule has 3 N–H and O–H groups in total. The van der Waals surface area contributed by atoms with E-state index in [2.05, 4.69) is 27.2 Å². The maximum absolute atomic E-state index is 13.3. The lowest BCUT2D eigenvalue weighted by Gasteiger charge is -2.26. The first-order chi connectivity index (χ1) is 20.3. The minimum absolute atomic E-state index is 0.0550. The Balaban J connectivity index is 1.25. The lowest BCUT2D eigenvalue weighted by Crippen LogP contribution is -2.47. The Morgan fingerprint density at radius 3 is 2.48 bits per heavy atom. The van der Waals surface area contributed by atoms with Crippen LogP contribution < -0.4 is 15.0 Å². The number of amides is 3. The first-order valence-electron chi connectivity index (χ1n) is 14.6. The Morgan fingerprint density at radius 2 is 1.79 bits per heavy atom. The van der Waals surface area contributed by atoms with Gasteiger partial charge in [0.1, 0.15) is 17.8 Å². The second-order valence-corrected chi connectivity index (χ2v) is 14.8. The molecule has 2 aromatic rings. The molecule has 0 spiro atoms. The summed E-state index contributed by atoms with van der Waals surface area (Å²) in [5.74, 6) is 0.772. The molecule has 0 aliphatic heterocycles. The van der Waals surface area contributed by atoms with E-state index in [1.165, 1.54) is 12.0 Å². The van der Waals surface area contributed by atoms with Gasteiger partial charge in [0.15, 0.2) is 0 Å². The highest BCUT2D eigenvalue weighted by molar-refractivity contribution is 7.99. The van der Waals surface area contributed by atoms with E-state index in [-0.39, 0.29) is 30.4 Å². The number of rotatable bonds is 15. The van der Waals surface area contributed by atoms with Crippen molar-refractivity contribution in [2.45, 2.75) is 87.6 Å². The molecule has 1 atom stereocenters. The van der Waals surface area contributed by atoms with Crippen molar-refractivity contribution in [3.05, 3.63) is 70.7 Å². The maximum Gasteiger partial charge on any atom is 0.417 e. The van der Waals surface area contributed by atoms with Gasteiger partial charge in [-0.2, -0.15) is 0 Å². The number of benzene rings is 2. The van der Waals surface area contributed by atoms with E-state index in [1.807, 2.05) is 24.3 Å². The van der Waals surface area contributed by atoms with Gasteiger partial charge in [-0.3, -0.25) is 14.3 Å². The molecule has 42 heavy (non-hydrogen) atoms. The summed E-state index contributed by atoms with van der Waals surface area (Å²) in [5.41, 5.74) is 1.74. The molecule has 2 aliphatic carbocycles. The summed E-state index contributed by atoms with van der Waals surface area (Å²) in [4.78, 5) is 53.3. The Bertz CT molecular complexity index is 1210. The fourth-order valence-electron chi connectivity index (χ4n) is 5.34. The van der Waals surface area contributed by atoms with Crippen LogP contribution in [0, 0.1) is 5.92 Å². The number of carbonyl (C=O) groups excluding carboxylic acids is 4. The van der Waals surface area contributed by atoms with Gasteiger partial charge in [-0.25, -0.2) is 4.79 Å². The molecule has 2 aliphatic rings. The average Bonchev–Trinajstić information content (AvgIpc) is 3.75. The molecule has 2 fully saturated rings. The van der Waals surface area contributed by atoms with Gasteiger partial charge in [-0.15, -0.1) is 0 Å². The quantitative estimate of drug-likeness (QED) is 0.132. The molecular weight excluding hydrogens is 590 g/mol. The summed E-state index contributed by atoms with van der Waals surface area (Å²) in [6.45, 7) is 0.0550. The Labute approximate surface area is 258 Å². The summed E-state index contributed by atoms with van der Waals surface area (Å²) in [6, 6.07) is 17.4. The summed E-state index contributed by atoms with van der Waals surface area (Å²) >= 11 is 7.02. The second-order valence-electron chi connectivity index (χ2n) is 11.3. The Kier molecular flexibility index (Phi) is 12.3. The lowest BCUT2D eigenvalue weighted by molar-refractivity contribution is -0.122. The monoisotopic (exact) mass is 628 g/mol. The number of ether oxygens (including phenoxy) is 1. The summed E-state index contributed by atoms with van der Waals surface area (Å²) in [5, 5.41) is 3.15. The second kappa shape index (κ2) is 16.1. The van der Waals surface area contributed by atoms with Gasteiger partial charge in [0.25, 0.3) is 0 Å². The molecule has 2 saturated carbocycles. The zero-order chi connectivity index (χ0) is 29.8. The molecule has 8 nitrogen and oxygen atoms in total. The van der Waals surface area contributed by atoms with Crippen molar-refractivity contribution >= 4 is 56.3 Å². The summed E-state index contributed by atoms with van der Waals surface area (Å²) < 4.78 is 7.95. The number of halogens is 1. The first-order valence-corrected chi connectivity index (χ1v) is 17.7. The predicted octanol–water partition coefficient (Wildman–Crippen LogP) is 5.71. The zero-order valence-corrected chi connectivity index (χ0v) is 26.3. The van der Waals surface area contributed by atoms with Gasteiger partial charge in [0, 0.05) is 17.0 Å². The lowest BCUT2D eigenvalue weighted by atomic mass is 9.86. The molecule has 0 saturated heterocycles. The van der Waals surface area contributed by atoms with Crippen molar-refractivity contribution in [2.75, 3.05) is 0 Å². The normalized spacial score (nSPS) is 16.7. The minimum atomic E-state index is -1.95. The van der Waals surface area contributed by atoms with Crippen LogP contribution in [-0.2, 0) is 32.1 Å². The molecule has 0 aromatic heterocycles. The van der Waals surface area contributed by atoms with Crippen molar-refractivity contribution in [2.24, 2.45) is 5.92 Å². The van der Waals surface area contributed by atoms with Crippen LogP contribution in [0.1, 0.15) is 68.9 Å². The van der Waals surface area contributed by atoms with Crippen LogP contribution in [0.15, 0.2) is 54.6 Å². The molecule has 0 heterocycles. The van der Waals surface area contributed by atoms with Crippen molar-refractivity contribution in [3.8, 4) is 0 Å². The van der Waals surface area contributed by atoms with Crippen LogP contribution in [0.4, 0.5) is 4.79 Å². The van der Waals surface area contributed by atoms with E-state index in [0.29, 0.717) is 23.4 Å². The molecule has 0 bridgehead atoms. The van der Waals surface area contributed by atoms with Gasteiger partial charge in [0.2, 0.25) is 20.8 Å². The smallest absolute Gasteiger partial charge is 0.417 e. The van der Waals surface area contributed by atoms with Crippen LogP contribution in [0.25, 0.3) is 0 Å². The van der Waals surface area contributed by atoms with Crippen molar-refractivity contribution in [3.63, 3.8) is 0 Å². The van der Waals surface area contributed by atoms with E-state index in [9.17, 15) is 19.2 Å². The van der Waals surface area contributed by atoms with Crippen molar-refractivity contribution in [1.29, 1.82) is 0 Å². The molecular formula is C31H39ClN3O5SSi. The van der Waals surface area contributed by atoms with Gasteiger partial charge >= 0.3 is 6.09 Å². The number of hydrogen-bond acceptors (Lipinski definition) is 6. The SMILES string of the molecule is O=C[Si](CCC(=O)NC1(Cc2ccccc2)CC1)NC(=O)[C@H](CC1CCCCC1)SNC(=O)OCc1cccc(Cl)c1. The predicted molar refractivity (Wildman–Crippen MR) is 168 cm³/mol. The number of carbonyl (C=O) groups is 4. The van der Waals surface area contributed by atoms with Gasteiger partial charge in [-0.1, -0.05) is 86.2 Å². The van der Waals surface area contributed by atoms with E-state index >= 15 is 0 Å². The van der Waals surface area contributed by atoms with Crippen LogP contribution in [0.3, 0.4) is 0 Å². The number of nitrogens with one attached hydrogen (secondary N) is 3. The molecule has 4 rings (SSSR count). The van der Waals surface area contributed by atoms with Crippen molar-refractivity contribution in [1.82, 2.24) is 15.0 Å². The van der Waals surface area contributed by atoms with E-state index in [0.717, 1.165) is 68.4 Å². The average molecular weight is 629 g/mol. The topological polar surface area (TPSA) is 114 Å². The van der Waals surface area contributed by atoms with Crippen LogP contribution in [-0.4, -0.2) is 43.6 Å². The van der Waals surface area contributed by atoms with E-state index in [1.54, 1.807) is 18.2 Å². The van der Waals surface area contributed by atoms with Crippen LogP contribution in [0.5, 0.6) is 0 Å². The molecule has 11 heteroatoms. The van der Waals surface area contributed by atoms with Gasteiger partial charge in [-0.05, 0) is 72.9 Å². The highest BCUT2D eigenvalue weighted by atomic mass is 35.5. The molecule has 2 aromatic carbocycles. The third kappa shape index (κ3) is 10.8. The third-order valence-corrected chi connectivity index (χ3v) is 10.7. The molecule has 0 unspecified atom stereocenters. The van der Waals surface area contributed by atoms with Gasteiger partial charge < -0.3 is 19.8 Å². The van der Waals surface area contributed by atoms with Gasteiger partial charge in [0.05, 0.1) is 0 Å². The summed E-state index contributed by atoms with van der Waals surface area (Å²) in [6.07, 6.45) is 8.32. The fourth-order valence-corrected chi connectivity index (χ4v) is 7.78. The first kappa shape index (κ1) is 32.1. The number of hydrogen-bond donors (Lipinski definition) is 3.